The molecule has 22 heavy (non-hydrogen) atoms. The summed E-state index contributed by atoms with van der Waals surface area (Å²) in [6.07, 6.45) is -0.935. The minimum Gasteiger partial charge on any atom is -0.481 e. The van der Waals surface area contributed by atoms with Crippen LogP contribution in [0.2, 0.25) is 0 Å². The van der Waals surface area contributed by atoms with E-state index in [0.29, 0.717) is 13.2 Å². The fourth-order valence-electron chi connectivity index (χ4n) is 2.45. The number of nitriles is 1. The molecular weight excluding hydrogens is 296 g/mol. The maximum Gasteiger partial charge on any atom is 0.303 e. The first kappa shape index (κ1) is 16.3. The number of carboxylic acid groups (broad SMARTS) is 1. The summed E-state index contributed by atoms with van der Waals surface area (Å²) >= 11 is 0. The molecule has 1 fully saturated rings. The van der Waals surface area contributed by atoms with Gasteiger partial charge in [-0.1, -0.05) is 6.07 Å². The Morgan fingerprint density at radius 1 is 1.36 bits per heavy atom. The van der Waals surface area contributed by atoms with Crippen molar-refractivity contribution in [2.45, 2.75) is 31.0 Å². The number of hydrogen-bond donors (Lipinski definition) is 1. The van der Waals surface area contributed by atoms with Gasteiger partial charge in [0.1, 0.15) is 0 Å². The first-order chi connectivity index (χ1) is 10.5. The summed E-state index contributed by atoms with van der Waals surface area (Å²) in [5.74, 6) is -3.18. The molecule has 0 amide bonds. The highest BCUT2D eigenvalue weighted by Crippen LogP contribution is 2.36. The Bertz CT molecular complexity index is 596. The number of hydrogen-bond acceptors (Lipinski definition) is 4. The van der Waals surface area contributed by atoms with Crippen molar-refractivity contribution in [3.05, 3.63) is 35.4 Å². The van der Waals surface area contributed by atoms with Crippen molar-refractivity contribution in [2.24, 2.45) is 0 Å². The van der Waals surface area contributed by atoms with Crippen LogP contribution in [0, 0.1) is 23.0 Å². The Morgan fingerprint density at radius 2 is 2.05 bits per heavy atom. The third-order valence-corrected chi connectivity index (χ3v) is 3.66. The first-order valence-electron chi connectivity index (χ1n) is 6.78. The molecule has 1 N–H and O–H groups in total. The van der Waals surface area contributed by atoms with E-state index >= 15 is 0 Å². The zero-order valence-corrected chi connectivity index (χ0v) is 11.7. The summed E-state index contributed by atoms with van der Waals surface area (Å²) in [6, 6.07) is 5.19. The van der Waals surface area contributed by atoms with Gasteiger partial charge in [0.25, 0.3) is 0 Å². The maximum atomic E-state index is 13.5. The van der Waals surface area contributed by atoms with Crippen LogP contribution in [0.3, 0.4) is 0 Å². The predicted molar refractivity (Wildman–Crippen MR) is 70.8 cm³/mol. The quantitative estimate of drug-likeness (QED) is 0.872. The summed E-state index contributed by atoms with van der Waals surface area (Å²) in [6.45, 7) is 0.756. The van der Waals surface area contributed by atoms with Crippen LogP contribution in [0.25, 0.3) is 0 Å². The van der Waals surface area contributed by atoms with E-state index in [1.54, 1.807) is 0 Å². The van der Waals surface area contributed by atoms with E-state index in [1.165, 1.54) is 6.07 Å². The molecule has 1 aromatic rings. The Labute approximate surface area is 126 Å². The van der Waals surface area contributed by atoms with Crippen LogP contribution in [0.1, 0.15) is 24.8 Å². The Morgan fingerprint density at radius 3 is 2.59 bits per heavy atom. The van der Waals surface area contributed by atoms with Gasteiger partial charge in [0.05, 0.1) is 24.7 Å². The lowest BCUT2D eigenvalue weighted by Crippen LogP contribution is -2.31. The standard InChI is InChI=1S/C15H15F2NO4/c16-11-2-1-10(7-12(11)17)15(9-18,4-3-13(19)20)8-14-21-5-6-22-14/h1-2,7,14H,3-6,8H2,(H,19,20). The monoisotopic (exact) mass is 311 g/mol. The average Bonchev–Trinajstić information content (AvgIpc) is 2.99. The Balaban J connectivity index is 2.34. The number of rotatable bonds is 6. The minimum atomic E-state index is -1.32. The largest absolute Gasteiger partial charge is 0.481 e. The Hall–Kier alpha value is -2.04. The molecule has 1 aliphatic heterocycles. The van der Waals surface area contributed by atoms with E-state index in [0.717, 1.165) is 12.1 Å². The van der Waals surface area contributed by atoms with E-state index < -0.39 is 29.3 Å². The lowest BCUT2D eigenvalue weighted by Gasteiger charge is -2.28. The van der Waals surface area contributed by atoms with Crippen LogP contribution in [-0.4, -0.2) is 30.6 Å². The van der Waals surface area contributed by atoms with Gasteiger partial charge >= 0.3 is 5.97 Å². The molecule has 1 saturated heterocycles. The second-order valence-electron chi connectivity index (χ2n) is 5.09. The van der Waals surface area contributed by atoms with Gasteiger partial charge in [-0.15, -0.1) is 0 Å². The zero-order chi connectivity index (χ0) is 16.2. The van der Waals surface area contributed by atoms with Crippen LogP contribution >= 0.6 is 0 Å². The molecule has 1 atom stereocenters. The summed E-state index contributed by atoms with van der Waals surface area (Å²) in [7, 11) is 0. The van der Waals surface area contributed by atoms with Gasteiger partial charge in [-0.3, -0.25) is 4.79 Å². The number of benzene rings is 1. The molecular formula is C15H15F2NO4. The van der Waals surface area contributed by atoms with Crippen molar-refractivity contribution in [3.8, 4) is 6.07 Å². The van der Waals surface area contributed by atoms with Crippen molar-refractivity contribution < 1.29 is 28.2 Å². The number of halogens is 2. The fraction of sp³-hybridized carbons (Fsp3) is 0.467. The third-order valence-electron chi connectivity index (χ3n) is 3.66. The van der Waals surface area contributed by atoms with Crippen LogP contribution < -0.4 is 0 Å². The van der Waals surface area contributed by atoms with Gasteiger partial charge in [0.15, 0.2) is 17.9 Å². The van der Waals surface area contributed by atoms with E-state index in [-0.39, 0.29) is 24.8 Å². The van der Waals surface area contributed by atoms with Crippen molar-refractivity contribution in [3.63, 3.8) is 0 Å². The number of ether oxygens (including phenoxy) is 2. The maximum absolute atomic E-state index is 13.5. The minimum absolute atomic E-state index is 0.0485. The summed E-state index contributed by atoms with van der Waals surface area (Å²) in [5.41, 5.74) is -1.10. The molecule has 0 radical (unpaired) electrons. The van der Waals surface area contributed by atoms with E-state index in [9.17, 15) is 18.8 Å². The average molecular weight is 311 g/mol. The van der Waals surface area contributed by atoms with Crippen LogP contribution in [-0.2, 0) is 19.7 Å². The third kappa shape index (κ3) is 3.59. The number of carboxylic acids is 1. The number of carbonyl (C=O) groups is 1. The Kier molecular flexibility index (Phi) is 5.06. The van der Waals surface area contributed by atoms with Gasteiger partial charge in [-0.25, -0.2) is 8.78 Å². The second kappa shape index (κ2) is 6.81. The van der Waals surface area contributed by atoms with Crippen LogP contribution in [0.5, 0.6) is 0 Å². The SMILES string of the molecule is N#CC(CCC(=O)O)(CC1OCCO1)c1ccc(F)c(F)c1. The molecule has 1 aliphatic rings. The first-order valence-corrected chi connectivity index (χ1v) is 6.78. The second-order valence-corrected chi connectivity index (χ2v) is 5.09. The van der Waals surface area contributed by atoms with E-state index in [2.05, 4.69) is 0 Å². The topological polar surface area (TPSA) is 79.6 Å². The highest BCUT2D eigenvalue weighted by atomic mass is 19.2. The van der Waals surface area contributed by atoms with Gasteiger partial charge < -0.3 is 14.6 Å². The van der Waals surface area contributed by atoms with E-state index in [4.69, 9.17) is 14.6 Å². The molecule has 0 spiro atoms. The van der Waals surface area contributed by atoms with Gasteiger partial charge in [-0.2, -0.15) is 5.26 Å². The summed E-state index contributed by atoms with van der Waals surface area (Å²) < 4.78 is 37.2. The van der Waals surface area contributed by atoms with Crippen molar-refractivity contribution in [1.29, 1.82) is 5.26 Å². The molecule has 1 aromatic carbocycles. The highest BCUT2D eigenvalue weighted by Gasteiger charge is 2.38. The highest BCUT2D eigenvalue weighted by molar-refractivity contribution is 5.67. The van der Waals surface area contributed by atoms with E-state index in [1.807, 2.05) is 6.07 Å². The smallest absolute Gasteiger partial charge is 0.303 e. The molecule has 0 aromatic heterocycles. The van der Waals surface area contributed by atoms with Crippen LogP contribution in [0.4, 0.5) is 8.78 Å². The molecule has 5 nitrogen and oxygen atoms in total. The fourth-order valence-corrected chi connectivity index (χ4v) is 2.45. The van der Waals surface area contributed by atoms with Crippen molar-refractivity contribution in [2.75, 3.05) is 13.2 Å². The lowest BCUT2D eigenvalue weighted by molar-refractivity contribution is -0.137. The molecule has 0 saturated carbocycles. The van der Waals surface area contributed by atoms with Crippen molar-refractivity contribution >= 4 is 5.97 Å². The molecule has 1 heterocycles. The van der Waals surface area contributed by atoms with Crippen molar-refractivity contribution in [1.82, 2.24) is 0 Å². The summed E-state index contributed by atoms with van der Waals surface area (Å²) in [5, 5.41) is 18.5. The summed E-state index contributed by atoms with van der Waals surface area (Å²) in [4.78, 5) is 10.8. The van der Waals surface area contributed by atoms with Gasteiger partial charge in [-0.05, 0) is 24.1 Å². The number of aliphatic carboxylic acids is 1. The molecule has 2 rings (SSSR count). The molecule has 0 bridgehead atoms. The normalized spacial score (nSPS) is 17.9. The zero-order valence-electron chi connectivity index (χ0n) is 11.7. The van der Waals surface area contributed by atoms with Gasteiger partial charge in [0, 0.05) is 12.8 Å². The van der Waals surface area contributed by atoms with Gasteiger partial charge in [0.2, 0.25) is 0 Å². The molecule has 1 unspecified atom stereocenters. The lowest BCUT2D eigenvalue weighted by atomic mass is 9.75. The van der Waals surface area contributed by atoms with Crippen LogP contribution in [0.15, 0.2) is 18.2 Å². The molecule has 7 heteroatoms. The molecule has 118 valence electrons. The predicted octanol–water partition coefficient (Wildman–Crippen LogP) is 2.35. The molecule has 0 aliphatic carbocycles. The number of nitrogens with zero attached hydrogens (tertiary/aromatic N) is 1.